The first kappa shape index (κ1) is 32.4. The third kappa shape index (κ3) is 4.31. The zero-order valence-electron chi connectivity index (χ0n) is 32.5. The van der Waals surface area contributed by atoms with Crippen molar-refractivity contribution < 1.29 is 0 Å². The molecular weight excluding hydrogens is 663 g/mol. The molecule has 6 aromatic rings. The minimum Gasteiger partial charge on any atom is -0.310 e. The van der Waals surface area contributed by atoms with Crippen molar-refractivity contribution in [1.29, 1.82) is 0 Å². The van der Waals surface area contributed by atoms with Gasteiger partial charge < -0.3 is 4.90 Å². The molecule has 6 aromatic carbocycles. The van der Waals surface area contributed by atoms with Crippen molar-refractivity contribution in [3.63, 3.8) is 0 Å². The second-order valence-corrected chi connectivity index (χ2v) is 18.9. The van der Waals surface area contributed by atoms with Crippen LogP contribution in [0.1, 0.15) is 81.5 Å². The predicted octanol–water partition coefficient (Wildman–Crippen LogP) is 14.1. The number of rotatable bonds is 4. The fourth-order valence-corrected chi connectivity index (χ4v) is 14.3. The van der Waals surface area contributed by atoms with Gasteiger partial charge in [-0.05, 0) is 166 Å². The van der Waals surface area contributed by atoms with Crippen LogP contribution in [0, 0.1) is 41.4 Å². The molecule has 1 nitrogen and oxygen atoms in total. The molecule has 4 bridgehead atoms. The number of benzene rings is 6. The first-order valence-electron chi connectivity index (χ1n) is 21.4. The first-order chi connectivity index (χ1) is 26.9. The van der Waals surface area contributed by atoms with E-state index in [1.54, 1.807) is 11.1 Å². The molecule has 0 N–H and O–H groups in total. The lowest BCUT2D eigenvalue weighted by atomic mass is 9.38. The minimum atomic E-state index is -0.0531. The number of anilines is 3. The molecule has 0 amide bonds. The van der Waals surface area contributed by atoms with Crippen LogP contribution < -0.4 is 4.90 Å². The summed E-state index contributed by atoms with van der Waals surface area (Å²) in [6, 6.07) is 53.6. The minimum absolute atomic E-state index is 0.0531. The summed E-state index contributed by atoms with van der Waals surface area (Å²) in [6.07, 6.45) is 8.69. The highest BCUT2D eigenvalue weighted by molar-refractivity contribution is 5.94. The van der Waals surface area contributed by atoms with Crippen LogP contribution in [0.4, 0.5) is 17.1 Å². The molecule has 12 rings (SSSR count). The van der Waals surface area contributed by atoms with Gasteiger partial charge in [0.1, 0.15) is 0 Å². The summed E-state index contributed by atoms with van der Waals surface area (Å²) in [6.45, 7) is 7.38. The monoisotopic (exact) mass is 713 g/mol. The fourth-order valence-electron chi connectivity index (χ4n) is 14.3. The van der Waals surface area contributed by atoms with Crippen LogP contribution in [0.2, 0.25) is 0 Å². The Morgan fingerprint density at radius 1 is 0.491 bits per heavy atom. The summed E-state index contributed by atoms with van der Waals surface area (Å²) in [5, 5.41) is 0. The van der Waals surface area contributed by atoms with Gasteiger partial charge >= 0.3 is 0 Å². The molecule has 0 saturated heterocycles. The van der Waals surface area contributed by atoms with Crippen molar-refractivity contribution in [2.45, 2.75) is 70.1 Å². The van der Waals surface area contributed by atoms with Crippen molar-refractivity contribution in [3.8, 4) is 33.4 Å². The molecule has 0 aliphatic heterocycles. The van der Waals surface area contributed by atoms with Gasteiger partial charge in [0.2, 0.25) is 0 Å². The van der Waals surface area contributed by atoms with Crippen LogP contribution in [0.25, 0.3) is 33.4 Å². The number of nitrogens with zero attached hydrogens (tertiary/aromatic N) is 1. The number of fused-ring (bicyclic) bond motifs is 12. The smallest absolute Gasteiger partial charge is 0.0465 e. The van der Waals surface area contributed by atoms with E-state index in [0.717, 1.165) is 41.4 Å². The number of hydrogen-bond acceptors (Lipinski definition) is 1. The van der Waals surface area contributed by atoms with E-state index in [1.165, 1.54) is 100 Å². The maximum absolute atomic E-state index is 2.62. The zero-order chi connectivity index (χ0) is 36.6. The lowest BCUT2D eigenvalue weighted by Crippen LogP contribution is -2.60. The van der Waals surface area contributed by atoms with Crippen LogP contribution in [0.3, 0.4) is 0 Å². The number of hydrogen-bond donors (Lipinski definition) is 0. The molecule has 6 aliphatic rings. The molecule has 4 fully saturated rings. The topological polar surface area (TPSA) is 3.24 Å². The van der Waals surface area contributed by atoms with E-state index >= 15 is 0 Å². The maximum Gasteiger partial charge on any atom is 0.0465 e. The third-order valence-electron chi connectivity index (χ3n) is 16.3. The van der Waals surface area contributed by atoms with Gasteiger partial charge in [0.05, 0.1) is 0 Å². The lowest BCUT2D eigenvalue weighted by molar-refractivity contribution is -0.121. The van der Waals surface area contributed by atoms with Crippen molar-refractivity contribution in [3.05, 3.63) is 162 Å². The molecule has 1 spiro atoms. The summed E-state index contributed by atoms with van der Waals surface area (Å²) in [5.41, 5.74) is 18.3. The molecule has 0 heterocycles. The molecule has 0 radical (unpaired) electrons. The van der Waals surface area contributed by atoms with Gasteiger partial charge in [-0.1, -0.05) is 130 Å². The molecule has 8 atom stereocenters. The van der Waals surface area contributed by atoms with Gasteiger partial charge in [0, 0.05) is 27.9 Å². The molecule has 0 aromatic heterocycles. The SMILES string of the molecule is CC1CC2CC3C1CC1CCC(C3C1)C21c2ccccc2-c2c(-c3ccc(N(c4ccccc4)c4ccc5c(c4)C(C)(C)c4ccccc4-5)cc3)cccc21. The van der Waals surface area contributed by atoms with E-state index in [0.29, 0.717) is 0 Å². The highest BCUT2D eigenvalue weighted by atomic mass is 15.1. The molecule has 272 valence electrons. The molecule has 1 heteroatoms. The van der Waals surface area contributed by atoms with Crippen molar-refractivity contribution in [1.82, 2.24) is 0 Å². The van der Waals surface area contributed by atoms with Gasteiger partial charge in [-0.15, -0.1) is 0 Å². The largest absolute Gasteiger partial charge is 0.310 e. The Morgan fingerprint density at radius 3 is 1.98 bits per heavy atom. The molecule has 8 unspecified atom stereocenters. The van der Waals surface area contributed by atoms with Crippen molar-refractivity contribution >= 4 is 17.1 Å². The summed E-state index contributed by atoms with van der Waals surface area (Å²) in [7, 11) is 0. The second-order valence-electron chi connectivity index (χ2n) is 18.9. The molecule has 55 heavy (non-hydrogen) atoms. The van der Waals surface area contributed by atoms with E-state index < -0.39 is 0 Å². The van der Waals surface area contributed by atoms with E-state index in [2.05, 4.69) is 165 Å². The standard InChI is InChI=1S/C54H51N/c1-33-28-36-31-45-44(33)29-34-20-27-49(46(45)30-34)54(36)48-18-10-8-15-43(48)52-40(16-11-19-50(52)54)35-21-23-38(24-22-35)55(37-12-5-4-6-13-37)39-25-26-42-41-14-7-9-17-47(41)53(2,3)51(42)32-39/h4-19,21-26,32-34,36,44-46,49H,20,27-31H2,1-3H3. The second kappa shape index (κ2) is 11.6. The van der Waals surface area contributed by atoms with Gasteiger partial charge in [0.25, 0.3) is 0 Å². The van der Waals surface area contributed by atoms with Crippen molar-refractivity contribution in [2.24, 2.45) is 41.4 Å². The quantitative estimate of drug-likeness (QED) is 0.176. The van der Waals surface area contributed by atoms with Crippen LogP contribution in [-0.2, 0) is 10.8 Å². The van der Waals surface area contributed by atoms with Crippen LogP contribution in [-0.4, -0.2) is 0 Å². The Kier molecular flexibility index (Phi) is 6.81. The summed E-state index contributed by atoms with van der Waals surface area (Å²) in [5.74, 6) is 6.13. The average Bonchev–Trinajstić information content (AvgIpc) is 3.65. The predicted molar refractivity (Wildman–Crippen MR) is 228 cm³/mol. The highest BCUT2D eigenvalue weighted by Crippen LogP contribution is 2.72. The van der Waals surface area contributed by atoms with Gasteiger partial charge in [0.15, 0.2) is 0 Å². The molecular formula is C54H51N. The normalized spacial score (nSPS) is 29.7. The van der Waals surface area contributed by atoms with Gasteiger partial charge in [-0.25, -0.2) is 0 Å². The average molecular weight is 714 g/mol. The van der Waals surface area contributed by atoms with E-state index in [-0.39, 0.29) is 10.8 Å². The summed E-state index contributed by atoms with van der Waals surface area (Å²) >= 11 is 0. The van der Waals surface area contributed by atoms with Crippen LogP contribution in [0.5, 0.6) is 0 Å². The molecule has 4 saturated carbocycles. The third-order valence-corrected chi connectivity index (χ3v) is 16.3. The Hall–Kier alpha value is -4.88. The lowest BCUT2D eigenvalue weighted by Gasteiger charge is -2.65. The Morgan fingerprint density at radius 2 is 1.15 bits per heavy atom. The Bertz CT molecular complexity index is 2490. The van der Waals surface area contributed by atoms with E-state index in [1.807, 2.05) is 0 Å². The number of para-hydroxylation sites is 1. The Balaban J connectivity index is 0.978. The van der Waals surface area contributed by atoms with Gasteiger partial charge in [-0.3, -0.25) is 0 Å². The molecule has 6 aliphatic carbocycles. The Labute approximate surface area is 327 Å². The first-order valence-corrected chi connectivity index (χ1v) is 21.4. The maximum atomic E-state index is 2.62. The zero-order valence-corrected chi connectivity index (χ0v) is 32.5. The van der Waals surface area contributed by atoms with Crippen molar-refractivity contribution in [2.75, 3.05) is 4.90 Å². The van der Waals surface area contributed by atoms with E-state index in [4.69, 9.17) is 0 Å². The van der Waals surface area contributed by atoms with Gasteiger partial charge in [-0.2, -0.15) is 0 Å². The van der Waals surface area contributed by atoms with Crippen LogP contribution in [0.15, 0.2) is 140 Å². The summed E-state index contributed by atoms with van der Waals surface area (Å²) < 4.78 is 0. The van der Waals surface area contributed by atoms with E-state index in [9.17, 15) is 0 Å². The highest BCUT2D eigenvalue weighted by Gasteiger charge is 2.65. The van der Waals surface area contributed by atoms with Crippen LogP contribution >= 0.6 is 0 Å². The summed E-state index contributed by atoms with van der Waals surface area (Å²) in [4.78, 5) is 2.44. The fraction of sp³-hybridized carbons (Fsp3) is 0.333.